The molecule has 2 N–H and O–H groups in total. The van der Waals surface area contributed by atoms with Crippen LogP contribution >= 0.6 is 12.4 Å². The fourth-order valence-corrected chi connectivity index (χ4v) is 1.75. The van der Waals surface area contributed by atoms with Crippen LogP contribution in [0.15, 0.2) is 24.3 Å². The van der Waals surface area contributed by atoms with Gasteiger partial charge in [-0.15, -0.1) is 12.4 Å². The van der Waals surface area contributed by atoms with Gasteiger partial charge < -0.3 is 5.73 Å². The zero-order valence-corrected chi connectivity index (χ0v) is 9.39. The van der Waals surface area contributed by atoms with E-state index < -0.39 is 0 Å². The second kappa shape index (κ2) is 4.81. The van der Waals surface area contributed by atoms with Crippen molar-refractivity contribution in [1.29, 1.82) is 0 Å². The molecule has 1 saturated carbocycles. The quantitative estimate of drug-likeness (QED) is 0.817. The highest BCUT2D eigenvalue weighted by Gasteiger charge is 2.24. The van der Waals surface area contributed by atoms with Crippen molar-refractivity contribution in [3.63, 3.8) is 0 Å². The predicted molar refractivity (Wildman–Crippen MR) is 62.7 cm³/mol. The van der Waals surface area contributed by atoms with Gasteiger partial charge in [-0.1, -0.05) is 42.7 Å². The molecule has 1 aliphatic carbocycles. The van der Waals surface area contributed by atoms with Gasteiger partial charge >= 0.3 is 0 Å². The molecule has 0 bridgehead atoms. The molecule has 0 heterocycles. The summed E-state index contributed by atoms with van der Waals surface area (Å²) in [6, 6.07) is 8.81. The molecule has 0 saturated heterocycles. The third-order valence-electron chi connectivity index (χ3n) is 2.75. The summed E-state index contributed by atoms with van der Waals surface area (Å²) in [5.41, 5.74) is 8.71. The molecule has 0 unspecified atom stereocenters. The molecule has 14 heavy (non-hydrogen) atoms. The molecule has 0 amide bonds. The van der Waals surface area contributed by atoms with Crippen molar-refractivity contribution in [3.05, 3.63) is 35.4 Å². The molecule has 1 fully saturated rings. The van der Waals surface area contributed by atoms with Gasteiger partial charge in [0, 0.05) is 6.04 Å². The van der Waals surface area contributed by atoms with Crippen molar-refractivity contribution < 1.29 is 0 Å². The number of halogens is 1. The maximum Gasteiger partial charge on any atom is 0.0297 e. The van der Waals surface area contributed by atoms with Crippen molar-refractivity contribution in [1.82, 2.24) is 0 Å². The smallest absolute Gasteiger partial charge is 0.0297 e. The largest absolute Gasteiger partial charge is 0.324 e. The highest BCUT2D eigenvalue weighted by molar-refractivity contribution is 5.85. The molecule has 1 aromatic carbocycles. The molecule has 1 nitrogen and oxygen atoms in total. The summed E-state index contributed by atoms with van der Waals surface area (Å²) in [6.07, 6.45) is 3.95. The Hall–Kier alpha value is -0.530. The molecule has 0 aromatic heterocycles. The van der Waals surface area contributed by atoms with Crippen molar-refractivity contribution in [2.75, 3.05) is 0 Å². The topological polar surface area (TPSA) is 26.0 Å². The van der Waals surface area contributed by atoms with Crippen molar-refractivity contribution in [3.8, 4) is 0 Å². The second-order valence-corrected chi connectivity index (χ2v) is 4.20. The highest BCUT2D eigenvalue weighted by atomic mass is 35.5. The molecule has 0 aliphatic heterocycles. The molecular weight excluding hydrogens is 194 g/mol. The minimum absolute atomic E-state index is 0. The van der Waals surface area contributed by atoms with E-state index in [2.05, 4.69) is 31.2 Å². The van der Waals surface area contributed by atoms with Crippen LogP contribution in [0, 0.1) is 12.8 Å². The maximum atomic E-state index is 6.10. The summed E-state index contributed by atoms with van der Waals surface area (Å²) in [7, 11) is 0. The lowest BCUT2D eigenvalue weighted by molar-refractivity contribution is 0.597. The first-order valence-electron chi connectivity index (χ1n) is 5.08. The number of benzene rings is 1. The van der Waals surface area contributed by atoms with E-state index in [-0.39, 0.29) is 18.4 Å². The Bertz CT molecular complexity index is 294. The molecule has 1 aromatic rings. The minimum atomic E-state index is 0. The first kappa shape index (κ1) is 11.5. The second-order valence-electron chi connectivity index (χ2n) is 4.20. The molecule has 1 aliphatic rings. The molecule has 1 atom stereocenters. The van der Waals surface area contributed by atoms with Crippen molar-refractivity contribution in [2.24, 2.45) is 11.7 Å². The summed E-state index contributed by atoms with van der Waals surface area (Å²) >= 11 is 0. The van der Waals surface area contributed by atoms with Gasteiger partial charge in [0.1, 0.15) is 0 Å². The van der Waals surface area contributed by atoms with Gasteiger partial charge in [0.15, 0.2) is 0 Å². The van der Waals surface area contributed by atoms with Crippen molar-refractivity contribution >= 4 is 12.4 Å². The van der Waals surface area contributed by atoms with E-state index in [0.29, 0.717) is 0 Å². The van der Waals surface area contributed by atoms with Crippen LogP contribution in [0.5, 0.6) is 0 Å². The van der Waals surface area contributed by atoms with Gasteiger partial charge in [-0.3, -0.25) is 0 Å². The average molecular weight is 212 g/mol. The lowest BCUT2D eigenvalue weighted by Gasteiger charge is -2.11. The Labute approximate surface area is 92.1 Å². The van der Waals surface area contributed by atoms with E-state index in [0.717, 1.165) is 5.92 Å². The number of rotatable bonds is 3. The summed E-state index contributed by atoms with van der Waals surface area (Å²) < 4.78 is 0. The van der Waals surface area contributed by atoms with E-state index in [9.17, 15) is 0 Å². The fourth-order valence-electron chi connectivity index (χ4n) is 1.75. The normalized spacial score (nSPS) is 17.3. The van der Waals surface area contributed by atoms with Gasteiger partial charge in [-0.05, 0) is 24.8 Å². The van der Waals surface area contributed by atoms with Crippen LogP contribution in [-0.2, 0) is 0 Å². The number of hydrogen-bond donors (Lipinski definition) is 1. The van der Waals surface area contributed by atoms with Crippen LogP contribution < -0.4 is 5.73 Å². The Morgan fingerprint density at radius 3 is 2.71 bits per heavy atom. The standard InChI is InChI=1S/C12H17N.ClH/c1-9-3-2-4-11(7-9)12(13)8-10-5-6-10;/h2-4,7,10,12H,5-6,8,13H2,1H3;1H/t12-;/m1./s1. The number of hydrogen-bond acceptors (Lipinski definition) is 1. The van der Waals surface area contributed by atoms with Crippen LogP contribution in [0.25, 0.3) is 0 Å². The molecule has 0 radical (unpaired) electrons. The predicted octanol–water partition coefficient (Wildman–Crippen LogP) is 3.22. The van der Waals surface area contributed by atoms with E-state index in [1.54, 1.807) is 0 Å². The van der Waals surface area contributed by atoms with Crippen molar-refractivity contribution in [2.45, 2.75) is 32.2 Å². The van der Waals surface area contributed by atoms with Gasteiger partial charge in [0.05, 0.1) is 0 Å². The van der Waals surface area contributed by atoms with Gasteiger partial charge in [0.2, 0.25) is 0 Å². The Kier molecular flexibility index (Phi) is 3.97. The van der Waals surface area contributed by atoms with E-state index in [4.69, 9.17) is 5.73 Å². The zero-order valence-electron chi connectivity index (χ0n) is 8.57. The van der Waals surface area contributed by atoms with Crippen LogP contribution in [-0.4, -0.2) is 0 Å². The first-order chi connectivity index (χ1) is 6.25. The summed E-state index contributed by atoms with van der Waals surface area (Å²) in [5.74, 6) is 0.913. The molecular formula is C12H18ClN. The SMILES string of the molecule is Cc1cccc([C@H](N)CC2CC2)c1.Cl. The third-order valence-corrected chi connectivity index (χ3v) is 2.75. The van der Waals surface area contributed by atoms with Gasteiger partial charge in [0.25, 0.3) is 0 Å². The van der Waals surface area contributed by atoms with Crippen LogP contribution in [0.3, 0.4) is 0 Å². The van der Waals surface area contributed by atoms with Crippen LogP contribution in [0.1, 0.15) is 36.4 Å². The summed E-state index contributed by atoms with van der Waals surface area (Å²) in [6.45, 7) is 2.12. The van der Waals surface area contributed by atoms with E-state index >= 15 is 0 Å². The van der Waals surface area contributed by atoms with Gasteiger partial charge in [-0.25, -0.2) is 0 Å². The number of nitrogens with two attached hydrogens (primary N) is 1. The zero-order chi connectivity index (χ0) is 9.26. The number of aryl methyl sites for hydroxylation is 1. The molecule has 0 spiro atoms. The highest BCUT2D eigenvalue weighted by Crippen LogP contribution is 2.36. The van der Waals surface area contributed by atoms with Crippen LogP contribution in [0.2, 0.25) is 0 Å². The average Bonchev–Trinajstić information content (AvgIpc) is 2.88. The molecule has 2 rings (SSSR count). The molecule has 78 valence electrons. The van der Waals surface area contributed by atoms with Gasteiger partial charge in [-0.2, -0.15) is 0 Å². The monoisotopic (exact) mass is 211 g/mol. The fraction of sp³-hybridized carbons (Fsp3) is 0.500. The lowest BCUT2D eigenvalue weighted by atomic mass is 10.0. The maximum absolute atomic E-state index is 6.10. The third kappa shape index (κ3) is 3.00. The Morgan fingerprint density at radius 1 is 1.43 bits per heavy atom. The van der Waals surface area contributed by atoms with Crippen LogP contribution in [0.4, 0.5) is 0 Å². The van der Waals surface area contributed by atoms with E-state index in [1.165, 1.54) is 30.4 Å². The Balaban J connectivity index is 0.000000980. The Morgan fingerprint density at radius 2 is 2.14 bits per heavy atom. The van der Waals surface area contributed by atoms with E-state index in [1.807, 2.05) is 0 Å². The first-order valence-corrected chi connectivity index (χ1v) is 5.08. The molecule has 2 heteroatoms. The minimum Gasteiger partial charge on any atom is -0.324 e. The summed E-state index contributed by atoms with van der Waals surface area (Å²) in [5, 5.41) is 0. The summed E-state index contributed by atoms with van der Waals surface area (Å²) in [4.78, 5) is 0. The lowest BCUT2D eigenvalue weighted by Crippen LogP contribution is -2.10.